The van der Waals surface area contributed by atoms with Crippen LogP contribution in [-0.2, 0) is 32.3 Å². The van der Waals surface area contributed by atoms with E-state index in [1.54, 1.807) is 24.3 Å². The quantitative estimate of drug-likeness (QED) is 0.470. The molecule has 2 N–H and O–H groups in total. The molecule has 174 valence electrons. The number of carbonyl (C=O) groups is 4. The molecule has 0 spiro atoms. The van der Waals surface area contributed by atoms with Crippen molar-refractivity contribution in [1.82, 2.24) is 15.0 Å². The summed E-state index contributed by atoms with van der Waals surface area (Å²) in [5.41, 5.74) is 0.974. The Labute approximate surface area is 193 Å². The van der Waals surface area contributed by atoms with Gasteiger partial charge in [-0.2, -0.15) is 0 Å². The lowest BCUT2D eigenvalue weighted by Crippen LogP contribution is -2.12. The van der Waals surface area contributed by atoms with Crippen LogP contribution in [0.5, 0.6) is 0 Å². The Morgan fingerprint density at radius 1 is 0.735 bits per heavy atom. The molecule has 11 nitrogen and oxygen atoms in total. The first-order valence-corrected chi connectivity index (χ1v) is 9.86. The van der Waals surface area contributed by atoms with E-state index < -0.39 is 23.9 Å². The largest absolute Gasteiger partial charge is 0.477 e. The lowest BCUT2D eigenvalue weighted by Gasteiger charge is -2.15. The SMILES string of the molecule is CC(=O)OCc1cc(C(=O)O)nc(-c2cccc(-c3cccc(C(=O)O)n3)n2)c1COC(C)=O. The lowest BCUT2D eigenvalue weighted by molar-refractivity contribution is -0.143. The van der Waals surface area contributed by atoms with Gasteiger partial charge in [0.1, 0.15) is 24.6 Å². The number of hydrogen-bond donors (Lipinski definition) is 2. The summed E-state index contributed by atoms with van der Waals surface area (Å²) in [6.07, 6.45) is 0. The van der Waals surface area contributed by atoms with Crippen LogP contribution in [0.2, 0.25) is 0 Å². The van der Waals surface area contributed by atoms with Crippen molar-refractivity contribution in [2.75, 3.05) is 0 Å². The maximum atomic E-state index is 11.7. The number of aromatic carboxylic acids is 2. The molecule has 0 aromatic carbocycles. The molecule has 0 unspecified atom stereocenters. The molecule has 0 aliphatic heterocycles. The number of esters is 2. The lowest BCUT2D eigenvalue weighted by atomic mass is 10.0. The molecule has 34 heavy (non-hydrogen) atoms. The van der Waals surface area contributed by atoms with Crippen molar-refractivity contribution in [1.29, 1.82) is 0 Å². The number of carbonyl (C=O) groups excluding carboxylic acids is 2. The summed E-state index contributed by atoms with van der Waals surface area (Å²) in [6.45, 7) is 1.87. The van der Waals surface area contributed by atoms with Gasteiger partial charge in [-0.05, 0) is 30.3 Å². The highest BCUT2D eigenvalue weighted by molar-refractivity contribution is 5.87. The molecule has 3 aromatic rings. The standard InChI is InChI=1S/C23H19N3O8/c1-12(27)33-10-14-9-20(23(31)32)26-21(15(14)11-34-13(2)28)18-7-3-5-16(24-18)17-6-4-8-19(25-17)22(29)30/h3-9H,10-11H2,1-2H3,(H,29,30)(H,31,32). The molecule has 0 bridgehead atoms. The van der Waals surface area contributed by atoms with Crippen LogP contribution in [0.25, 0.3) is 22.8 Å². The highest BCUT2D eigenvalue weighted by Gasteiger charge is 2.21. The Kier molecular flexibility index (Phi) is 7.26. The van der Waals surface area contributed by atoms with Crippen molar-refractivity contribution in [3.05, 3.63) is 65.0 Å². The highest BCUT2D eigenvalue weighted by atomic mass is 16.5. The second kappa shape index (κ2) is 10.3. The van der Waals surface area contributed by atoms with Gasteiger partial charge in [-0.15, -0.1) is 0 Å². The number of hydrogen-bond acceptors (Lipinski definition) is 9. The van der Waals surface area contributed by atoms with Gasteiger partial charge in [0.2, 0.25) is 0 Å². The summed E-state index contributed by atoms with van der Waals surface area (Å²) >= 11 is 0. The summed E-state index contributed by atoms with van der Waals surface area (Å²) in [6, 6.07) is 10.4. The summed E-state index contributed by atoms with van der Waals surface area (Å²) in [4.78, 5) is 58.5. The molecule has 0 atom stereocenters. The monoisotopic (exact) mass is 465 g/mol. The molecule has 3 heterocycles. The van der Waals surface area contributed by atoms with E-state index in [9.17, 15) is 29.4 Å². The number of carboxylic acid groups (broad SMARTS) is 2. The van der Waals surface area contributed by atoms with Crippen LogP contribution in [0.4, 0.5) is 0 Å². The van der Waals surface area contributed by atoms with Crippen LogP contribution < -0.4 is 0 Å². The van der Waals surface area contributed by atoms with Crippen molar-refractivity contribution in [2.45, 2.75) is 27.1 Å². The van der Waals surface area contributed by atoms with Crippen LogP contribution >= 0.6 is 0 Å². The first-order chi connectivity index (χ1) is 16.2. The first kappa shape index (κ1) is 24.0. The minimum absolute atomic E-state index is 0.0968. The third-order valence-electron chi connectivity index (χ3n) is 4.51. The third kappa shape index (κ3) is 5.76. The Balaban J connectivity index is 2.18. The number of carboxylic acids is 2. The molecule has 0 radical (unpaired) electrons. The number of ether oxygens (including phenoxy) is 2. The van der Waals surface area contributed by atoms with Gasteiger partial charge in [0.05, 0.1) is 22.8 Å². The van der Waals surface area contributed by atoms with E-state index in [0.29, 0.717) is 11.3 Å². The van der Waals surface area contributed by atoms with Crippen LogP contribution in [0.15, 0.2) is 42.5 Å². The molecular weight excluding hydrogens is 446 g/mol. The van der Waals surface area contributed by atoms with Crippen LogP contribution in [0.1, 0.15) is 46.0 Å². The Bertz CT molecular complexity index is 1290. The smallest absolute Gasteiger partial charge is 0.354 e. The van der Waals surface area contributed by atoms with E-state index >= 15 is 0 Å². The molecule has 0 amide bonds. The fourth-order valence-electron chi connectivity index (χ4n) is 2.99. The van der Waals surface area contributed by atoms with E-state index in [0.717, 1.165) is 0 Å². The average molecular weight is 465 g/mol. The van der Waals surface area contributed by atoms with Crippen molar-refractivity contribution >= 4 is 23.9 Å². The second-order valence-corrected chi connectivity index (χ2v) is 6.98. The van der Waals surface area contributed by atoms with Crippen molar-refractivity contribution in [2.24, 2.45) is 0 Å². The molecule has 3 rings (SSSR count). The minimum Gasteiger partial charge on any atom is -0.477 e. The fraction of sp³-hybridized carbons (Fsp3) is 0.174. The second-order valence-electron chi connectivity index (χ2n) is 6.98. The summed E-state index contributed by atoms with van der Waals surface area (Å²) < 4.78 is 10.2. The first-order valence-electron chi connectivity index (χ1n) is 9.86. The van der Waals surface area contributed by atoms with Gasteiger partial charge in [-0.25, -0.2) is 24.5 Å². The van der Waals surface area contributed by atoms with Gasteiger partial charge in [0.15, 0.2) is 0 Å². The fourth-order valence-corrected chi connectivity index (χ4v) is 2.99. The molecule has 3 aromatic heterocycles. The Morgan fingerprint density at radius 3 is 1.91 bits per heavy atom. The molecule has 11 heteroatoms. The maximum absolute atomic E-state index is 11.7. The van der Waals surface area contributed by atoms with Gasteiger partial charge in [-0.1, -0.05) is 12.1 Å². The van der Waals surface area contributed by atoms with E-state index in [1.165, 1.54) is 32.0 Å². The van der Waals surface area contributed by atoms with Crippen molar-refractivity contribution in [3.63, 3.8) is 0 Å². The molecule has 0 fully saturated rings. The van der Waals surface area contributed by atoms with Crippen LogP contribution in [0, 0.1) is 0 Å². The zero-order valence-electron chi connectivity index (χ0n) is 18.1. The number of rotatable bonds is 8. The molecular formula is C23H19N3O8. The van der Waals surface area contributed by atoms with Gasteiger partial charge in [-0.3, -0.25) is 9.59 Å². The summed E-state index contributed by atoms with van der Waals surface area (Å²) in [5.74, 6) is -3.69. The third-order valence-corrected chi connectivity index (χ3v) is 4.51. The minimum atomic E-state index is -1.32. The maximum Gasteiger partial charge on any atom is 0.354 e. The number of aromatic nitrogens is 3. The van der Waals surface area contributed by atoms with Crippen LogP contribution in [-0.4, -0.2) is 49.0 Å². The van der Waals surface area contributed by atoms with E-state index in [1.807, 2.05) is 0 Å². The normalized spacial score (nSPS) is 10.4. The molecule has 0 aliphatic rings. The van der Waals surface area contributed by atoms with Gasteiger partial charge in [0.25, 0.3) is 0 Å². The highest BCUT2D eigenvalue weighted by Crippen LogP contribution is 2.28. The van der Waals surface area contributed by atoms with Crippen molar-refractivity contribution < 1.29 is 38.9 Å². The number of pyridine rings is 3. The van der Waals surface area contributed by atoms with Gasteiger partial charge >= 0.3 is 23.9 Å². The van der Waals surface area contributed by atoms with Gasteiger partial charge in [0, 0.05) is 25.0 Å². The predicted molar refractivity (Wildman–Crippen MR) is 116 cm³/mol. The van der Waals surface area contributed by atoms with E-state index in [2.05, 4.69) is 15.0 Å². The van der Waals surface area contributed by atoms with E-state index in [-0.39, 0.29) is 47.2 Å². The topological polar surface area (TPSA) is 166 Å². The molecule has 0 saturated heterocycles. The van der Waals surface area contributed by atoms with Crippen LogP contribution in [0.3, 0.4) is 0 Å². The summed E-state index contributed by atoms with van der Waals surface area (Å²) in [7, 11) is 0. The number of nitrogens with zero attached hydrogens (tertiary/aromatic N) is 3. The molecule has 0 aliphatic carbocycles. The Hall–Kier alpha value is -4.67. The van der Waals surface area contributed by atoms with Gasteiger partial charge < -0.3 is 19.7 Å². The average Bonchev–Trinajstić information content (AvgIpc) is 2.81. The predicted octanol–water partition coefficient (Wildman–Crippen LogP) is 2.73. The van der Waals surface area contributed by atoms with Crippen molar-refractivity contribution in [3.8, 4) is 22.8 Å². The summed E-state index contributed by atoms with van der Waals surface area (Å²) in [5, 5.41) is 18.7. The zero-order chi connectivity index (χ0) is 24.8. The Morgan fingerprint density at radius 2 is 1.29 bits per heavy atom. The van der Waals surface area contributed by atoms with E-state index in [4.69, 9.17) is 9.47 Å². The zero-order valence-corrected chi connectivity index (χ0v) is 18.1. The molecule has 0 saturated carbocycles.